The van der Waals surface area contributed by atoms with E-state index in [2.05, 4.69) is 10.3 Å². The number of para-hydroxylation sites is 1. The zero-order valence-electron chi connectivity index (χ0n) is 15.7. The van der Waals surface area contributed by atoms with Crippen LogP contribution in [-0.2, 0) is 9.53 Å². The highest BCUT2D eigenvalue weighted by Crippen LogP contribution is 2.29. The van der Waals surface area contributed by atoms with Crippen LogP contribution >= 0.6 is 22.9 Å². The lowest BCUT2D eigenvalue weighted by Gasteiger charge is -2.11. The molecule has 0 fully saturated rings. The van der Waals surface area contributed by atoms with E-state index < -0.39 is 5.97 Å². The molecule has 7 heteroatoms. The van der Waals surface area contributed by atoms with Crippen molar-refractivity contribution < 1.29 is 14.3 Å². The summed E-state index contributed by atoms with van der Waals surface area (Å²) in [5, 5.41) is 4.12. The lowest BCUT2D eigenvalue weighted by molar-refractivity contribution is -0.119. The third kappa shape index (κ3) is 4.58. The Balaban J connectivity index is 1.65. The molecule has 0 radical (unpaired) electrons. The number of hydrogen-bond acceptors (Lipinski definition) is 5. The van der Waals surface area contributed by atoms with Gasteiger partial charge in [-0.15, -0.1) is 11.3 Å². The molecule has 5 nitrogen and oxygen atoms in total. The maximum atomic E-state index is 12.4. The van der Waals surface area contributed by atoms with Crippen LogP contribution < -0.4 is 5.32 Å². The predicted octanol–water partition coefficient (Wildman–Crippen LogP) is 5.18. The van der Waals surface area contributed by atoms with Crippen LogP contribution in [-0.4, -0.2) is 23.5 Å². The van der Waals surface area contributed by atoms with Gasteiger partial charge >= 0.3 is 5.97 Å². The quantitative estimate of drug-likeness (QED) is 0.584. The molecule has 0 saturated heterocycles. The summed E-state index contributed by atoms with van der Waals surface area (Å²) in [6, 6.07) is 13.0. The van der Waals surface area contributed by atoms with E-state index in [0.29, 0.717) is 20.6 Å². The molecule has 0 spiro atoms. The molecule has 0 saturated carbocycles. The van der Waals surface area contributed by atoms with Crippen molar-refractivity contribution in [1.82, 2.24) is 4.98 Å². The number of esters is 1. The number of thiazole rings is 1. The minimum atomic E-state index is -0.563. The van der Waals surface area contributed by atoms with Crippen LogP contribution in [0.3, 0.4) is 0 Å². The third-order valence-electron chi connectivity index (χ3n) is 4.15. The number of carbonyl (C=O) groups is 2. The van der Waals surface area contributed by atoms with Crippen LogP contribution in [0.5, 0.6) is 0 Å². The number of hydrogen-bond donors (Lipinski definition) is 1. The Kier molecular flexibility index (Phi) is 6.11. The zero-order valence-corrected chi connectivity index (χ0v) is 17.3. The highest BCUT2D eigenvalue weighted by molar-refractivity contribution is 7.17. The number of aryl methyl sites for hydroxylation is 3. The van der Waals surface area contributed by atoms with Crippen LogP contribution in [0.1, 0.15) is 26.5 Å². The van der Waals surface area contributed by atoms with Gasteiger partial charge in [0.2, 0.25) is 0 Å². The Morgan fingerprint density at radius 3 is 2.36 bits per heavy atom. The number of carbonyl (C=O) groups excluding carboxylic acids is 2. The van der Waals surface area contributed by atoms with Gasteiger partial charge in [0.15, 0.2) is 6.61 Å². The second-order valence-electron chi connectivity index (χ2n) is 6.33. The molecule has 144 valence electrons. The van der Waals surface area contributed by atoms with Crippen molar-refractivity contribution in [3.63, 3.8) is 0 Å². The first-order valence-corrected chi connectivity index (χ1v) is 9.81. The topological polar surface area (TPSA) is 68.3 Å². The molecule has 3 rings (SSSR count). The Hall–Kier alpha value is -2.70. The van der Waals surface area contributed by atoms with Crippen LogP contribution in [0, 0.1) is 20.8 Å². The first-order chi connectivity index (χ1) is 13.3. The fourth-order valence-corrected chi connectivity index (χ4v) is 3.78. The lowest BCUT2D eigenvalue weighted by atomic mass is 10.1. The average molecular weight is 415 g/mol. The fraction of sp³-hybridized carbons (Fsp3) is 0.190. The zero-order chi connectivity index (χ0) is 20.3. The second kappa shape index (κ2) is 8.54. The summed E-state index contributed by atoms with van der Waals surface area (Å²) in [7, 11) is 0. The SMILES string of the molecule is Cc1cccc(C)c1NC(=O)COC(=O)c1sc(-c2ccc(Cl)cc2)nc1C. The van der Waals surface area contributed by atoms with Gasteiger partial charge in [0.25, 0.3) is 5.91 Å². The smallest absolute Gasteiger partial charge is 0.350 e. The van der Waals surface area contributed by atoms with E-state index in [1.807, 2.05) is 44.2 Å². The van der Waals surface area contributed by atoms with Crippen molar-refractivity contribution in [3.8, 4) is 10.6 Å². The molecular formula is C21H19ClN2O3S. The first kappa shape index (κ1) is 20.0. The summed E-state index contributed by atoms with van der Waals surface area (Å²) in [6.45, 7) is 5.20. The van der Waals surface area contributed by atoms with Crippen LogP contribution in [0.15, 0.2) is 42.5 Å². The maximum absolute atomic E-state index is 12.4. The molecule has 1 N–H and O–H groups in total. The lowest BCUT2D eigenvalue weighted by Crippen LogP contribution is -2.21. The van der Waals surface area contributed by atoms with Crippen molar-refractivity contribution >= 4 is 40.5 Å². The van der Waals surface area contributed by atoms with Crippen molar-refractivity contribution in [2.45, 2.75) is 20.8 Å². The molecule has 1 aromatic heterocycles. The largest absolute Gasteiger partial charge is 0.451 e. The molecule has 1 heterocycles. The van der Waals surface area contributed by atoms with E-state index in [1.54, 1.807) is 19.1 Å². The number of aromatic nitrogens is 1. The highest BCUT2D eigenvalue weighted by atomic mass is 35.5. The average Bonchev–Trinajstić information content (AvgIpc) is 3.05. The molecule has 1 amide bonds. The Morgan fingerprint density at radius 1 is 1.07 bits per heavy atom. The number of ether oxygens (including phenoxy) is 1. The minimum Gasteiger partial charge on any atom is -0.451 e. The number of benzene rings is 2. The van der Waals surface area contributed by atoms with Crippen molar-refractivity contribution in [3.05, 3.63) is 69.2 Å². The van der Waals surface area contributed by atoms with E-state index in [-0.39, 0.29) is 12.5 Å². The summed E-state index contributed by atoms with van der Waals surface area (Å²) in [4.78, 5) is 29.4. The molecule has 2 aromatic carbocycles. The van der Waals surface area contributed by atoms with Gasteiger partial charge in [0.05, 0.1) is 5.69 Å². The molecule has 28 heavy (non-hydrogen) atoms. The molecule has 0 aliphatic carbocycles. The van der Waals surface area contributed by atoms with Gasteiger partial charge in [-0.1, -0.05) is 41.9 Å². The standard InChI is InChI=1S/C21H19ClN2O3S/c1-12-5-4-6-13(2)18(12)24-17(25)11-27-21(26)19-14(3)23-20(28-19)15-7-9-16(22)10-8-15/h4-10H,11H2,1-3H3,(H,24,25). The first-order valence-electron chi connectivity index (χ1n) is 8.61. The van der Waals surface area contributed by atoms with Crippen LogP contribution in [0.2, 0.25) is 5.02 Å². The number of rotatable bonds is 5. The fourth-order valence-electron chi connectivity index (χ4n) is 2.69. The normalized spacial score (nSPS) is 10.6. The highest BCUT2D eigenvalue weighted by Gasteiger charge is 2.19. The summed E-state index contributed by atoms with van der Waals surface area (Å²) in [6.07, 6.45) is 0. The second-order valence-corrected chi connectivity index (χ2v) is 7.77. The van der Waals surface area contributed by atoms with E-state index in [1.165, 1.54) is 11.3 Å². The Bertz CT molecular complexity index is 1010. The molecule has 3 aromatic rings. The maximum Gasteiger partial charge on any atom is 0.350 e. The molecule has 0 atom stereocenters. The predicted molar refractivity (Wildman–Crippen MR) is 112 cm³/mol. The van der Waals surface area contributed by atoms with Gasteiger partial charge in [-0.3, -0.25) is 4.79 Å². The number of nitrogens with zero attached hydrogens (tertiary/aromatic N) is 1. The van der Waals surface area contributed by atoms with E-state index in [4.69, 9.17) is 16.3 Å². The molecule has 0 aliphatic rings. The van der Waals surface area contributed by atoms with Gasteiger partial charge in [-0.2, -0.15) is 0 Å². The molecule has 0 bridgehead atoms. The third-order valence-corrected chi connectivity index (χ3v) is 5.59. The monoisotopic (exact) mass is 414 g/mol. The summed E-state index contributed by atoms with van der Waals surface area (Å²) in [5.41, 5.74) is 4.07. The number of anilines is 1. The molecule has 0 unspecified atom stereocenters. The van der Waals surface area contributed by atoms with Crippen molar-refractivity contribution in [1.29, 1.82) is 0 Å². The van der Waals surface area contributed by atoms with Gasteiger partial charge in [0, 0.05) is 16.3 Å². The van der Waals surface area contributed by atoms with Crippen LogP contribution in [0.4, 0.5) is 5.69 Å². The minimum absolute atomic E-state index is 0.361. The van der Waals surface area contributed by atoms with Crippen molar-refractivity contribution in [2.75, 3.05) is 11.9 Å². The molecule has 0 aliphatic heterocycles. The number of halogens is 1. The molecular weight excluding hydrogens is 396 g/mol. The summed E-state index contributed by atoms with van der Waals surface area (Å²) < 4.78 is 5.19. The van der Waals surface area contributed by atoms with E-state index in [9.17, 15) is 9.59 Å². The Labute approximate surface area is 172 Å². The van der Waals surface area contributed by atoms with Crippen molar-refractivity contribution in [2.24, 2.45) is 0 Å². The number of amides is 1. The summed E-state index contributed by atoms with van der Waals surface area (Å²) in [5.74, 6) is -0.947. The van der Waals surface area contributed by atoms with Gasteiger partial charge < -0.3 is 10.1 Å². The van der Waals surface area contributed by atoms with Crippen LogP contribution in [0.25, 0.3) is 10.6 Å². The van der Waals surface area contributed by atoms with Gasteiger partial charge in [0.1, 0.15) is 9.88 Å². The summed E-state index contributed by atoms with van der Waals surface area (Å²) >= 11 is 7.13. The van der Waals surface area contributed by atoms with E-state index >= 15 is 0 Å². The van der Waals surface area contributed by atoms with Gasteiger partial charge in [-0.25, -0.2) is 9.78 Å². The number of nitrogens with one attached hydrogen (secondary N) is 1. The van der Waals surface area contributed by atoms with Gasteiger partial charge in [-0.05, 0) is 44.0 Å². The van der Waals surface area contributed by atoms with E-state index in [0.717, 1.165) is 22.4 Å². The Morgan fingerprint density at radius 2 is 1.71 bits per heavy atom.